The molecule has 1 aliphatic heterocycles. The first-order valence-corrected chi connectivity index (χ1v) is 9.63. The lowest BCUT2D eigenvalue weighted by Crippen LogP contribution is -2.47. The van der Waals surface area contributed by atoms with E-state index in [9.17, 15) is 18.3 Å². The fourth-order valence-electron chi connectivity index (χ4n) is 2.38. The van der Waals surface area contributed by atoms with Crippen LogP contribution in [0.25, 0.3) is 6.08 Å². The number of hydrogen-bond acceptors (Lipinski definition) is 7. The summed E-state index contributed by atoms with van der Waals surface area (Å²) in [6.07, 6.45) is 0.828. The third-order valence-electron chi connectivity index (χ3n) is 3.59. The number of amides is 1. The number of nitrogens with one attached hydrogen (secondary N) is 1. The molecule has 2 unspecified atom stereocenters. The van der Waals surface area contributed by atoms with Crippen LogP contribution < -0.4 is 10.3 Å². The number of fused-ring (bicyclic) bond motifs is 1. The van der Waals surface area contributed by atoms with Crippen molar-refractivity contribution in [1.29, 1.82) is 0 Å². The molecule has 0 bridgehead atoms. The molecule has 26 heavy (non-hydrogen) atoms. The van der Waals surface area contributed by atoms with Gasteiger partial charge in [0.1, 0.15) is 6.26 Å². The molecule has 0 aromatic heterocycles. The number of aliphatic hydroxyl groups excluding tert-OH is 1. The summed E-state index contributed by atoms with van der Waals surface area (Å²) < 4.78 is 25.2. The summed E-state index contributed by atoms with van der Waals surface area (Å²) in [5.74, 6) is -0.0967. The average molecular weight is 386 g/mol. The van der Waals surface area contributed by atoms with E-state index < -0.39 is 22.0 Å². The summed E-state index contributed by atoms with van der Waals surface area (Å²) in [6, 6.07) is 4.46. The molecule has 9 nitrogen and oxygen atoms in total. The zero-order valence-corrected chi connectivity index (χ0v) is 15.3. The number of aliphatic hydroxyl groups is 1. The second-order valence-electron chi connectivity index (χ2n) is 6.17. The standard InChI is InChI=1S/C16H22N2O7S/c1-11(8-17-18(16(20)21)9-12(2)19)10-26(22,23)14-3-4-15-13(7-14)5-6-24-25-15/h3-7,11-12,17,19H,8-10H2,1-2H3,(H,20,21). The fourth-order valence-corrected chi connectivity index (χ4v) is 4.02. The van der Waals surface area contributed by atoms with Gasteiger partial charge in [-0.05, 0) is 37.1 Å². The highest BCUT2D eigenvalue weighted by Gasteiger charge is 2.22. The van der Waals surface area contributed by atoms with E-state index in [0.717, 1.165) is 5.01 Å². The van der Waals surface area contributed by atoms with Crippen molar-refractivity contribution in [2.75, 3.05) is 18.8 Å². The summed E-state index contributed by atoms with van der Waals surface area (Å²) in [4.78, 5) is 20.8. The monoisotopic (exact) mass is 386 g/mol. The SMILES string of the molecule is CC(O)CN(NCC(C)CS(=O)(=O)c1ccc2c(c1)C=COO2)C(=O)O. The number of carboxylic acid groups (broad SMARTS) is 1. The molecule has 0 radical (unpaired) electrons. The van der Waals surface area contributed by atoms with E-state index in [1.54, 1.807) is 13.0 Å². The minimum atomic E-state index is -3.57. The van der Waals surface area contributed by atoms with E-state index in [-0.39, 0.29) is 29.7 Å². The third kappa shape index (κ3) is 5.35. The predicted molar refractivity (Wildman–Crippen MR) is 92.8 cm³/mol. The Balaban J connectivity index is 2.00. The predicted octanol–water partition coefficient (Wildman–Crippen LogP) is 1.26. The maximum atomic E-state index is 12.6. The number of hydrazine groups is 1. The van der Waals surface area contributed by atoms with Gasteiger partial charge in [0.15, 0.2) is 15.6 Å². The van der Waals surface area contributed by atoms with Crippen molar-refractivity contribution in [2.24, 2.45) is 5.92 Å². The molecule has 1 amide bonds. The van der Waals surface area contributed by atoms with E-state index >= 15 is 0 Å². The smallest absolute Gasteiger partial charge is 0.421 e. The lowest BCUT2D eigenvalue weighted by Gasteiger charge is -2.23. The van der Waals surface area contributed by atoms with Gasteiger partial charge in [0, 0.05) is 12.1 Å². The van der Waals surface area contributed by atoms with Crippen molar-refractivity contribution in [3.63, 3.8) is 0 Å². The molecule has 1 heterocycles. The number of carbonyl (C=O) groups is 1. The number of hydrogen-bond donors (Lipinski definition) is 3. The Labute approximate surface area is 151 Å². The van der Waals surface area contributed by atoms with Crippen LogP contribution in [0.15, 0.2) is 29.4 Å². The Kier molecular flexibility index (Phi) is 6.46. The summed E-state index contributed by atoms with van der Waals surface area (Å²) in [6.45, 7) is 3.17. The molecular weight excluding hydrogens is 364 g/mol. The number of rotatable bonds is 8. The number of sulfone groups is 1. The van der Waals surface area contributed by atoms with Crippen LogP contribution in [0.3, 0.4) is 0 Å². The molecule has 0 spiro atoms. The van der Waals surface area contributed by atoms with Crippen LogP contribution in [0.4, 0.5) is 4.79 Å². The Bertz CT molecular complexity index is 777. The molecule has 0 aliphatic carbocycles. The maximum Gasteiger partial charge on any atom is 0.421 e. The van der Waals surface area contributed by atoms with E-state index in [1.165, 1.54) is 31.4 Å². The molecule has 2 rings (SSSR count). The molecule has 0 saturated heterocycles. The minimum absolute atomic E-state index is 0.117. The molecule has 2 atom stereocenters. The van der Waals surface area contributed by atoms with Crippen molar-refractivity contribution in [3.05, 3.63) is 30.0 Å². The molecule has 1 aromatic rings. The van der Waals surface area contributed by atoms with Crippen LogP contribution in [0.5, 0.6) is 5.75 Å². The van der Waals surface area contributed by atoms with Crippen LogP contribution in [-0.2, 0) is 14.7 Å². The molecular formula is C16H22N2O7S. The summed E-state index contributed by atoms with van der Waals surface area (Å²) in [7, 11) is -3.57. The molecule has 10 heteroatoms. The van der Waals surface area contributed by atoms with Crippen LogP contribution in [0.1, 0.15) is 19.4 Å². The van der Waals surface area contributed by atoms with Crippen molar-refractivity contribution >= 4 is 22.0 Å². The fraction of sp³-hybridized carbons (Fsp3) is 0.438. The van der Waals surface area contributed by atoms with Gasteiger partial charge in [0.2, 0.25) is 0 Å². The highest BCUT2D eigenvalue weighted by Crippen LogP contribution is 2.27. The Hall–Kier alpha value is -2.30. The van der Waals surface area contributed by atoms with Gasteiger partial charge in [-0.15, -0.1) is 0 Å². The van der Waals surface area contributed by atoms with Crippen molar-refractivity contribution < 1.29 is 33.2 Å². The van der Waals surface area contributed by atoms with Gasteiger partial charge in [0.05, 0.1) is 23.3 Å². The van der Waals surface area contributed by atoms with E-state index in [1.807, 2.05) is 0 Å². The first-order chi connectivity index (χ1) is 12.2. The summed E-state index contributed by atoms with van der Waals surface area (Å²) in [5.41, 5.74) is 3.23. The van der Waals surface area contributed by atoms with Crippen molar-refractivity contribution in [3.8, 4) is 5.75 Å². The van der Waals surface area contributed by atoms with Crippen LogP contribution >= 0.6 is 0 Å². The van der Waals surface area contributed by atoms with Crippen molar-refractivity contribution in [1.82, 2.24) is 10.4 Å². The topological polar surface area (TPSA) is 125 Å². The minimum Gasteiger partial charge on any atom is -0.464 e. The highest BCUT2D eigenvalue weighted by molar-refractivity contribution is 7.91. The van der Waals surface area contributed by atoms with Gasteiger partial charge in [-0.3, -0.25) is 9.78 Å². The van der Waals surface area contributed by atoms with Crippen molar-refractivity contribution in [2.45, 2.75) is 24.8 Å². The summed E-state index contributed by atoms with van der Waals surface area (Å²) in [5, 5.41) is 19.2. The number of nitrogens with zero attached hydrogens (tertiary/aromatic N) is 1. The molecule has 3 N–H and O–H groups in total. The molecule has 0 saturated carbocycles. The molecule has 0 fully saturated rings. The van der Waals surface area contributed by atoms with E-state index in [0.29, 0.717) is 11.3 Å². The largest absolute Gasteiger partial charge is 0.464 e. The first-order valence-electron chi connectivity index (χ1n) is 7.98. The lowest BCUT2D eigenvalue weighted by molar-refractivity contribution is -0.151. The number of benzene rings is 1. The Morgan fingerprint density at radius 2 is 2.08 bits per heavy atom. The second kappa shape index (κ2) is 8.39. The molecule has 1 aromatic carbocycles. The first kappa shape index (κ1) is 20.0. The normalized spacial score (nSPS) is 15.3. The van der Waals surface area contributed by atoms with Gasteiger partial charge in [-0.2, -0.15) is 0 Å². The Morgan fingerprint density at radius 3 is 2.73 bits per heavy atom. The lowest BCUT2D eigenvalue weighted by atomic mass is 10.2. The van der Waals surface area contributed by atoms with Crippen LogP contribution in [0, 0.1) is 5.92 Å². The molecule has 144 valence electrons. The quantitative estimate of drug-likeness (QED) is 0.450. The van der Waals surface area contributed by atoms with Crippen LogP contribution in [0.2, 0.25) is 0 Å². The van der Waals surface area contributed by atoms with E-state index in [4.69, 9.17) is 9.99 Å². The maximum absolute atomic E-state index is 12.6. The summed E-state index contributed by atoms with van der Waals surface area (Å²) >= 11 is 0. The zero-order chi connectivity index (χ0) is 19.3. The van der Waals surface area contributed by atoms with Gasteiger partial charge in [-0.1, -0.05) is 6.92 Å². The van der Waals surface area contributed by atoms with Gasteiger partial charge >= 0.3 is 6.09 Å². The zero-order valence-electron chi connectivity index (χ0n) is 14.5. The average Bonchev–Trinajstić information content (AvgIpc) is 2.57. The van der Waals surface area contributed by atoms with E-state index in [2.05, 4.69) is 10.3 Å². The van der Waals surface area contributed by atoms with Gasteiger partial charge in [0.25, 0.3) is 0 Å². The van der Waals surface area contributed by atoms with Gasteiger partial charge < -0.3 is 10.2 Å². The Morgan fingerprint density at radius 1 is 1.35 bits per heavy atom. The highest BCUT2D eigenvalue weighted by atomic mass is 32.2. The second-order valence-corrected chi connectivity index (χ2v) is 8.21. The van der Waals surface area contributed by atoms with Crippen LogP contribution in [-0.4, -0.2) is 54.7 Å². The molecule has 1 aliphatic rings. The van der Waals surface area contributed by atoms with Gasteiger partial charge in [-0.25, -0.2) is 23.6 Å². The third-order valence-corrected chi connectivity index (χ3v) is 5.57.